The number of aromatic amines is 1. The minimum absolute atomic E-state index is 0.0444. The lowest BCUT2D eigenvalue weighted by molar-refractivity contribution is -0.145. The first-order valence-corrected chi connectivity index (χ1v) is 18.1. The molecule has 0 aliphatic carbocycles. The van der Waals surface area contributed by atoms with Gasteiger partial charge in [0.15, 0.2) is 11.4 Å². The van der Waals surface area contributed by atoms with Gasteiger partial charge in [-0.15, -0.1) is 0 Å². The van der Waals surface area contributed by atoms with Crippen LogP contribution in [0.3, 0.4) is 0 Å². The van der Waals surface area contributed by atoms with Crippen molar-refractivity contribution in [3.63, 3.8) is 0 Å². The van der Waals surface area contributed by atoms with Crippen molar-refractivity contribution < 1.29 is 38.6 Å². The van der Waals surface area contributed by atoms with Crippen LogP contribution in [0.1, 0.15) is 42.6 Å². The quantitative estimate of drug-likeness (QED) is 0.160. The number of likely N-dealkylation sites (tertiary alicyclic amines) is 1. The zero-order chi connectivity index (χ0) is 39.0. The van der Waals surface area contributed by atoms with Crippen molar-refractivity contribution in [3.8, 4) is 22.9 Å². The average molecular weight is 753 g/mol. The molecule has 3 aliphatic heterocycles. The summed E-state index contributed by atoms with van der Waals surface area (Å²) in [6.45, 7) is 3.29. The van der Waals surface area contributed by atoms with Crippen LogP contribution >= 0.6 is 0 Å². The number of carbonyl (C=O) groups excluding carboxylic acids is 5. The second kappa shape index (κ2) is 17.2. The number of nitrogens with zero attached hydrogens (tertiary/aromatic N) is 3. The van der Waals surface area contributed by atoms with E-state index in [0.29, 0.717) is 28.5 Å². The monoisotopic (exact) mass is 752 g/mol. The van der Waals surface area contributed by atoms with Crippen molar-refractivity contribution in [1.29, 1.82) is 0 Å². The first-order valence-electron chi connectivity index (χ1n) is 18.1. The summed E-state index contributed by atoms with van der Waals surface area (Å²) in [6.07, 6.45) is 0.255. The van der Waals surface area contributed by atoms with E-state index in [9.17, 15) is 29.1 Å². The van der Waals surface area contributed by atoms with Gasteiger partial charge in [0.2, 0.25) is 17.7 Å². The van der Waals surface area contributed by atoms with Crippen molar-refractivity contribution in [2.24, 2.45) is 0 Å². The maximum atomic E-state index is 14.3. The van der Waals surface area contributed by atoms with Crippen molar-refractivity contribution in [3.05, 3.63) is 96.3 Å². The third-order valence-electron chi connectivity index (χ3n) is 9.63. The largest absolute Gasteiger partial charge is 0.492 e. The number of aromatic nitrogens is 3. The maximum Gasteiger partial charge on any atom is 0.265 e. The highest BCUT2D eigenvalue weighted by Crippen LogP contribution is 2.32. The van der Waals surface area contributed by atoms with Crippen molar-refractivity contribution in [2.75, 3.05) is 26.2 Å². The highest BCUT2D eigenvalue weighted by Gasteiger charge is 2.47. The Labute approximate surface area is 317 Å². The fourth-order valence-electron chi connectivity index (χ4n) is 6.53. The molecule has 3 aliphatic rings. The van der Waals surface area contributed by atoms with Crippen molar-refractivity contribution in [2.45, 2.75) is 62.9 Å². The number of piperidine rings is 1. The standard InChI is InChI=1S/C39H44N8O8/c1-24-34(49)44-31(22-26-8-4-3-5-9-26)35(50)40-18-21-54-27-12-14-28(15-13-27)55-39(38(53)45-32(25(2)48)36(51)43-24)16-19-47(20-17-39)37(52)30-11-7-6-10-29(30)33-41-23-42-46-33/h3-15,23-25,31-32,48H,16-22H2,1-2H3,(H,40,50)(H,43,51)(H,44,49)(H,45,53)(H,41,42,46)/t24-,25+,31-,32?/m0/s1. The molecule has 16 heteroatoms. The van der Waals surface area contributed by atoms with E-state index in [1.807, 2.05) is 30.3 Å². The molecule has 1 saturated heterocycles. The van der Waals surface area contributed by atoms with Crippen LogP contribution in [0.2, 0.25) is 0 Å². The van der Waals surface area contributed by atoms with Crippen molar-refractivity contribution in [1.82, 2.24) is 41.3 Å². The summed E-state index contributed by atoms with van der Waals surface area (Å²) in [4.78, 5) is 74.2. The second-order valence-electron chi connectivity index (χ2n) is 13.6. The Balaban J connectivity index is 1.24. The lowest BCUT2D eigenvalue weighted by atomic mass is 9.88. The smallest absolute Gasteiger partial charge is 0.265 e. The van der Waals surface area contributed by atoms with E-state index in [1.165, 1.54) is 20.2 Å². The Morgan fingerprint density at radius 3 is 2.27 bits per heavy atom. The van der Waals surface area contributed by atoms with E-state index in [-0.39, 0.29) is 51.4 Å². The van der Waals surface area contributed by atoms with Gasteiger partial charge in [-0.1, -0.05) is 48.5 Å². The van der Waals surface area contributed by atoms with E-state index >= 15 is 0 Å². The number of nitrogens with one attached hydrogen (secondary N) is 5. The molecule has 2 bridgehead atoms. The minimum atomic E-state index is -1.56. The topological polar surface area (TPSA) is 217 Å². The van der Waals surface area contributed by atoms with Crippen LogP contribution in [0.15, 0.2) is 85.2 Å². The predicted octanol–water partition coefficient (Wildman–Crippen LogP) is 1.13. The van der Waals surface area contributed by atoms with Crippen molar-refractivity contribution >= 4 is 29.5 Å². The number of carbonyl (C=O) groups is 5. The summed E-state index contributed by atoms with van der Waals surface area (Å²) in [5, 5.41) is 28.2. The van der Waals surface area contributed by atoms with Gasteiger partial charge in [-0.2, -0.15) is 5.10 Å². The fraction of sp³-hybridized carbons (Fsp3) is 0.359. The third kappa shape index (κ3) is 9.27. The average Bonchev–Trinajstić information content (AvgIpc) is 3.74. The minimum Gasteiger partial charge on any atom is -0.492 e. The number of hydrogen-bond donors (Lipinski definition) is 6. The van der Waals surface area contributed by atoms with E-state index in [1.54, 1.807) is 53.4 Å². The first-order chi connectivity index (χ1) is 26.5. The Hall–Kier alpha value is -6.29. The normalized spacial score (nSPS) is 21.6. The molecule has 288 valence electrons. The van der Waals surface area contributed by atoms with Gasteiger partial charge in [-0.05, 0) is 49.7 Å². The third-order valence-corrected chi connectivity index (χ3v) is 9.63. The van der Waals surface area contributed by atoms with Gasteiger partial charge in [0.1, 0.15) is 42.6 Å². The summed E-state index contributed by atoms with van der Waals surface area (Å²) < 4.78 is 12.3. The van der Waals surface area contributed by atoms with Gasteiger partial charge in [0.05, 0.1) is 18.2 Å². The Kier molecular flexibility index (Phi) is 12.0. The van der Waals surface area contributed by atoms with Gasteiger partial charge in [-0.3, -0.25) is 29.1 Å². The molecule has 6 N–H and O–H groups in total. The summed E-state index contributed by atoms with van der Waals surface area (Å²) in [5.74, 6) is -1.62. The number of hydrogen-bond acceptors (Lipinski definition) is 10. The molecule has 1 unspecified atom stereocenters. The molecular weight excluding hydrogens is 708 g/mol. The predicted molar refractivity (Wildman–Crippen MR) is 199 cm³/mol. The number of aliphatic hydroxyl groups is 1. The molecule has 1 fully saturated rings. The van der Waals surface area contributed by atoms with Crippen LogP contribution in [-0.2, 0) is 25.6 Å². The highest BCUT2D eigenvalue weighted by molar-refractivity contribution is 6.00. The summed E-state index contributed by atoms with van der Waals surface area (Å²) >= 11 is 0. The van der Waals surface area contributed by atoms with E-state index in [0.717, 1.165) is 5.56 Å². The molecule has 4 atom stereocenters. The molecule has 0 saturated carbocycles. The molecule has 7 rings (SSSR count). The second-order valence-corrected chi connectivity index (χ2v) is 13.6. The molecule has 1 aromatic heterocycles. The lowest BCUT2D eigenvalue weighted by Gasteiger charge is -2.41. The molecule has 55 heavy (non-hydrogen) atoms. The Morgan fingerprint density at radius 2 is 1.58 bits per heavy atom. The molecule has 4 heterocycles. The fourth-order valence-corrected chi connectivity index (χ4v) is 6.53. The lowest BCUT2D eigenvalue weighted by Crippen LogP contribution is -2.63. The van der Waals surface area contributed by atoms with Gasteiger partial charge >= 0.3 is 0 Å². The number of benzene rings is 3. The highest BCUT2D eigenvalue weighted by atomic mass is 16.5. The van der Waals surface area contributed by atoms with Crippen LogP contribution in [0, 0.1) is 0 Å². The van der Waals surface area contributed by atoms with E-state index in [4.69, 9.17) is 9.47 Å². The number of rotatable bonds is 5. The number of H-pyrrole nitrogens is 1. The van der Waals surface area contributed by atoms with Crippen LogP contribution < -0.4 is 30.7 Å². The zero-order valence-electron chi connectivity index (χ0n) is 30.5. The first kappa shape index (κ1) is 38.4. The number of amides is 5. The molecular formula is C39H44N8O8. The molecule has 4 aromatic rings. The molecule has 0 radical (unpaired) electrons. The maximum absolute atomic E-state index is 14.3. The molecule has 5 amide bonds. The number of ether oxygens (including phenoxy) is 2. The van der Waals surface area contributed by atoms with Crippen LogP contribution in [0.25, 0.3) is 11.4 Å². The summed E-state index contributed by atoms with van der Waals surface area (Å²) in [5.41, 5.74) is 0.231. The van der Waals surface area contributed by atoms with E-state index < -0.39 is 53.5 Å². The zero-order valence-corrected chi connectivity index (χ0v) is 30.5. The molecule has 3 aromatic carbocycles. The van der Waals surface area contributed by atoms with Gasteiger partial charge in [0, 0.05) is 37.9 Å². The van der Waals surface area contributed by atoms with Crippen LogP contribution in [0.4, 0.5) is 0 Å². The van der Waals surface area contributed by atoms with Gasteiger partial charge < -0.3 is 40.7 Å². The Morgan fingerprint density at radius 1 is 0.891 bits per heavy atom. The molecule has 16 nitrogen and oxygen atoms in total. The summed E-state index contributed by atoms with van der Waals surface area (Å²) in [7, 11) is 0. The van der Waals surface area contributed by atoms with Crippen LogP contribution in [-0.4, -0.2) is 111 Å². The van der Waals surface area contributed by atoms with Crippen LogP contribution in [0.5, 0.6) is 11.5 Å². The van der Waals surface area contributed by atoms with E-state index in [2.05, 4.69) is 36.4 Å². The number of fused-ring (bicyclic) bond motifs is 15. The Bertz CT molecular complexity index is 1960. The van der Waals surface area contributed by atoms with Gasteiger partial charge in [-0.25, -0.2) is 4.98 Å². The number of aliphatic hydroxyl groups excluding tert-OH is 1. The molecule has 1 spiro atoms. The van der Waals surface area contributed by atoms with Gasteiger partial charge in [0.25, 0.3) is 11.8 Å². The summed E-state index contributed by atoms with van der Waals surface area (Å²) in [6, 6.07) is 19.2. The SMILES string of the molecule is C[C@@H]1NC(=O)C([C@@H](C)O)NC(=O)C2(CCN(C(=O)c3ccccc3-c3ncn[nH]3)CC2)Oc2ccc(cc2)OCCNC(=O)[C@H](Cc2ccccc2)NC1=O.